The monoisotopic (exact) mass is 397 g/mol. The van der Waals surface area contributed by atoms with Gasteiger partial charge in [0, 0.05) is 32.2 Å². The third-order valence-electron chi connectivity index (χ3n) is 4.81. The van der Waals surface area contributed by atoms with Crippen LogP contribution in [0.25, 0.3) is 0 Å². The van der Waals surface area contributed by atoms with E-state index < -0.39 is 9.84 Å². The minimum absolute atomic E-state index is 0.0639. The molecule has 0 saturated carbocycles. The number of sulfone groups is 1. The summed E-state index contributed by atoms with van der Waals surface area (Å²) in [5.74, 6) is -0.0749. The molecule has 1 aromatic carbocycles. The summed E-state index contributed by atoms with van der Waals surface area (Å²) in [7, 11) is -3.41. The Morgan fingerprint density at radius 2 is 1.52 bits per heavy atom. The lowest BCUT2D eigenvalue weighted by Crippen LogP contribution is -2.49. The van der Waals surface area contributed by atoms with Gasteiger partial charge in [0.1, 0.15) is 0 Å². The van der Waals surface area contributed by atoms with Crippen molar-refractivity contribution in [3.63, 3.8) is 0 Å². The molecule has 2 amide bonds. The van der Waals surface area contributed by atoms with Gasteiger partial charge in [0.2, 0.25) is 0 Å². The van der Waals surface area contributed by atoms with Crippen LogP contribution < -0.4 is 0 Å². The van der Waals surface area contributed by atoms with Gasteiger partial charge in [-0.15, -0.1) is 0 Å². The Morgan fingerprint density at radius 3 is 2.00 bits per heavy atom. The highest BCUT2D eigenvalue weighted by Crippen LogP contribution is 2.12. The van der Waals surface area contributed by atoms with Crippen molar-refractivity contribution in [3.8, 4) is 0 Å². The summed E-state index contributed by atoms with van der Waals surface area (Å²) in [6.45, 7) is 14.2. The van der Waals surface area contributed by atoms with E-state index in [1.54, 1.807) is 40.1 Å². The van der Waals surface area contributed by atoms with Crippen LogP contribution >= 0.6 is 0 Å². The first-order valence-corrected chi connectivity index (χ1v) is 11.5. The maximum absolute atomic E-state index is 13.0. The largest absolute Gasteiger partial charge is 0.324 e. The third-order valence-corrected chi connectivity index (χ3v) is 6.52. The molecule has 0 N–H and O–H groups in total. The molecule has 7 heteroatoms. The Bertz CT molecular complexity index is 658. The molecule has 0 radical (unpaired) electrons. The van der Waals surface area contributed by atoms with Crippen molar-refractivity contribution in [3.05, 3.63) is 30.3 Å². The highest BCUT2D eigenvalue weighted by molar-refractivity contribution is 7.91. The SMILES string of the molecule is CCN(CC)CCN(CC)C(=O)N(CCS(=O)(=O)c1ccccc1)C(C)C. The van der Waals surface area contributed by atoms with Crippen molar-refractivity contribution in [1.82, 2.24) is 14.7 Å². The van der Waals surface area contributed by atoms with Crippen molar-refractivity contribution in [2.24, 2.45) is 0 Å². The Labute approximate surface area is 165 Å². The molecule has 0 heterocycles. The number of hydrogen-bond acceptors (Lipinski definition) is 4. The van der Waals surface area contributed by atoms with Gasteiger partial charge in [-0.05, 0) is 46.0 Å². The van der Waals surface area contributed by atoms with Gasteiger partial charge < -0.3 is 14.7 Å². The third kappa shape index (κ3) is 7.14. The van der Waals surface area contributed by atoms with Crippen molar-refractivity contribution in [2.45, 2.75) is 45.6 Å². The number of amides is 2. The minimum Gasteiger partial charge on any atom is -0.324 e. The summed E-state index contributed by atoms with van der Waals surface area (Å²) in [6, 6.07) is 8.25. The zero-order valence-corrected chi connectivity index (χ0v) is 18.2. The molecule has 1 aromatic rings. The van der Waals surface area contributed by atoms with Gasteiger partial charge in [-0.1, -0.05) is 32.0 Å². The fourth-order valence-electron chi connectivity index (χ4n) is 2.91. The number of benzene rings is 1. The quantitative estimate of drug-likeness (QED) is 0.576. The number of carbonyl (C=O) groups is 1. The Kier molecular flexibility index (Phi) is 9.80. The van der Waals surface area contributed by atoms with Gasteiger partial charge in [0.25, 0.3) is 0 Å². The van der Waals surface area contributed by atoms with E-state index in [0.29, 0.717) is 18.0 Å². The zero-order valence-electron chi connectivity index (χ0n) is 17.4. The Balaban J connectivity index is 2.79. The molecule has 0 fully saturated rings. The second kappa shape index (κ2) is 11.3. The molecule has 0 atom stereocenters. The first-order chi connectivity index (χ1) is 12.8. The van der Waals surface area contributed by atoms with Gasteiger partial charge in [-0.2, -0.15) is 0 Å². The van der Waals surface area contributed by atoms with Crippen LogP contribution in [0, 0.1) is 0 Å². The van der Waals surface area contributed by atoms with E-state index in [0.717, 1.165) is 19.6 Å². The summed E-state index contributed by atoms with van der Waals surface area (Å²) >= 11 is 0. The molecule has 0 aromatic heterocycles. The van der Waals surface area contributed by atoms with Crippen LogP contribution in [0.1, 0.15) is 34.6 Å². The maximum Gasteiger partial charge on any atom is 0.320 e. The van der Waals surface area contributed by atoms with E-state index >= 15 is 0 Å². The van der Waals surface area contributed by atoms with Crippen LogP contribution in [0.3, 0.4) is 0 Å². The number of rotatable bonds is 11. The van der Waals surface area contributed by atoms with Crippen LogP contribution in [0.15, 0.2) is 35.2 Å². The van der Waals surface area contributed by atoms with Crippen molar-refractivity contribution in [2.75, 3.05) is 45.0 Å². The number of urea groups is 1. The summed E-state index contributed by atoms with van der Waals surface area (Å²) in [4.78, 5) is 19.0. The van der Waals surface area contributed by atoms with E-state index in [1.807, 2.05) is 20.8 Å². The molecule has 0 aliphatic heterocycles. The van der Waals surface area contributed by atoms with Crippen molar-refractivity contribution in [1.29, 1.82) is 0 Å². The second-order valence-electron chi connectivity index (χ2n) is 6.81. The predicted molar refractivity (Wildman–Crippen MR) is 111 cm³/mol. The van der Waals surface area contributed by atoms with Gasteiger partial charge in [0.15, 0.2) is 9.84 Å². The second-order valence-corrected chi connectivity index (χ2v) is 8.92. The van der Waals surface area contributed by atoms with Crippen LogP contribution in [-0.4, -0.2) is 80.2 Å². The highest BCUT2D eigenvalue weighted by atomic mass is 32.2. The molecular formula is C20H35N3O3S. The fraction of sp³-hybridized carbons (Fsp3) is 0.650. The normalized spacial score (nSPS) is 11.8. The molecular weight excluding hydrogens is 362 g/mol. The Morgan fingerprint density at radius 1 is 0.926 bits per heavy atom. The molecule has 6 nitrogen and oxygen atoms in total. The number of carbonyl (C=O) groups excluding carboxylic acids is 1. The van der Waals surface area contributed by atoms with Gasteiger partial charge in [0.05, 0.1) is 10.6 Å². The maximum atomic E-state index is 13.0. The van der Waals surface area contributed by atoms with Crippen molar-refractivity contribution < 1.29 is 13.2 Å². The summed E-state index contributed by atoms with van der Waals surface area (Å²) in [5, 5.41) is 0. The summed E-state index contributed by atoms with van der Waals surface area (Å²) in [6.07, 6.45) is 0. The Hall–Kier alpha value is -1.60. The summed E-state index contributed by atoms with van der Waals surface area (Å²) in [5.41, 5.74) is 0. The van der Waals surface area contributed by atoms with Gasteiger partial charge in [-0.25, -0.2) is 13.2 Å². The van der Waals surface area contributed by atoms with Crippen LogP contribution in [0.5, 0.6) is 0 Å². The molecule has 1 rings (SSSR count). The zero-order chi connectivity index (χ0) is 20.4. The minimum atomic E-state index is -3.41. The topological polar surface area (TPSA) is 60.9 Å². The number of nitrogens with zero attached hydrogens (tertiary/aromatic N) is 3. The van der Waals surface area contributed by atoms with Gasteiger partial charge in [-0.3, -0.25) is 0 Å². The van der Waals surface area contributed by atoms with E-state index in [9.17, 15) is 13.2 Å². The molecule has 27 heavy (non-hydrogen) atoms. The first kappa shape index (κ1) is 23.4. The molecule has 0 spiro atoms. The average molecular weight is 398 g/mol. The summed E-state index contributed by atoms with van der Waals surface area (Å²) < 4.78 is 25.1. The van der Waals surface area contributed by atoms with E-state index in [1.165, 1.54) is 0 Å². The van der Waals surface area contributed by atoms with E-state index in [-0.39, 0.29) is 24.4 Å². The van der Waals surface area contributed by atoms with E-state index in [4.69, 9.17) is 0 Å². The lowest BCUT2D eigenvalue weighted by Gasteiger charge is -2.33. The lowest BCUT2D eigenvalue weighted by atomic mass is 10.3. The van der Waals surface area contributed by atoms with E-state index in [2.05, 4.69) is 18.7 Å². The van der Waals surface area contributed by atoms with Crippen molar-refractivity contribution >= 4 is 15.9 Å². The number of likely N-dealkylation sites (N-methyl/N-ethyl adjacent to an activating group) is 2. The lowest BCUT2D eigenvalue weighted by molar-refractivity contribution is 0.138. The molecule has 0 saturated heterocycles. The predicted octanol–water partition coefficient (Wildman–Crippen LogP) is 2.95. The molecule has 0 aliphatic carbocycles. The molecule has 0 aliphatic rings. The smallest absolute Gasteiger partial charge is 0.320 e. The number of hydrogen-bond donors (Lipinski definition) is 0. The highest BCUT2D eigenvalue weighted by Gasteiger charge is 2.25. The first-order valence-electron chi connectivity index (χ1n) is 9.82. The molecule has 0 unspecified atom stereocenters. The van der Waals surface area contributed by atoms with Crippen LogP contribution in [0.4, 0.5) is 4.79 Å². The average Bonchev–Trinajstić information content (AvgIpc) is 2.65. The molecule has 154 valence electrons. The molecule has 0 bridgehead atoms. The van der Waals surface area contributed by atoms with Crippen LogP contribution in [-0.2, 0) is 9.84 Å². The standard InChI is InChI=1S/C20H35N3O3S/c1-6-21(7-2)14-15-22(8-3)20(24)23(18(4)5)16-17-27(25,26)19-12-10-9-11-13-19/h9-13,18H,6-8,14-17H2,1-5H3. The fourth-order valence-corrected chi connectivity index (χ4v) is 4.16. The van der Waals surface area contributed by atoms with Crippen LogP contribution in [0.2, 0.25) is 0 Å². The van der Waals surface area contributed by atoms with Gasteiger partial charge >= 0.3 is 6.03 Å².